The number of hydrogen-bond acceptors (Lipinski definition) is 4. The number of amides is 1. The third-order valence-corrected chi connectivity index (χ3v) is 3.29. The normalized spacial score (nSPS) is 12.4. The van der Waals surface area contributed by atoms with Gasteiger partial charge in [0.25, 0.3) is 0 Å². The molecule has 0 N–H and O–H groups in total. The zero-order valence-corrected chi connectivity index (χ0v) is 14.7. The number of rotatable bonds is 7. The number of ether oxygens (including phenoxy) is 2. The summed E-state index contributed by atoms with van der Waals surface area (Å²) in [5.74, 6) is 0.635. The summed E-state index contributed by atoms with van der Waals surface area (Å²) >= 11 is 0. The minimum atomic E-state index is -0.519. The fourth-order valence-corrected chi connectivity index (χ4v) is 2.23. The molecule has 1 atom stereocenters. The fraction of sp³-hybridized carbons (Fsp3) is 0.556. The largest absolute Gasteiger partial charge is 0.486 e. The van der Waals surface area contributed by atoms with Gasteiger partial charge in [-0.1, -0.05) is 25.5 Å². The van der Waals surface area contributed by atoms with E-state index in [1.165, 1.54) is 0 Å². The lowest BCUT2D eigenvalue weighted by Gasteiger charge is -2.31. The highest BCUT2D eigenvalue weighted by Gasteiger charge is 2.25. The van der Waals surface area contributed by atoms with Crippen molar-refractivity contribution < 1.29 is 19.1 Å². The Morgan fingerprint density at radius 2 is 1.87 bits per heavy atom. The van der Waals surface area contributed by atoms with Crippen molar-refractivity contribution in [1.29, 1.82) is 0 Å². The van der Waals surface area contributed by atoms with Crippen LogP contribution in [0.2, 0.25) is 0 Å². The van der Waals surface area contributed by atoms with Crippen LogP contribution in [0, 0.1) is 0 Å². The molecule has 0 aliphatic rings. The Morgan fingerprint density at radius 1 is 1.26 bits per heavy atom. The molecular weight excluding hydrogens is 294 g/mol. The van der Waals surface area contributed by atoms with Gasteiger partial charge in [0, 0.05) is 7.05 Å². The Balaban J connectivity index is 2.88. The Kier molecular flexibility index (Phi) is 7.07. The molecule has 0 radical (unpaired) electrons. The van der Waals surface area contributed by atoms with E-state index < -0.39 is 5.60 Å². The maximum atomic E-state index is 12.3. The van der Waals surface area contributed by atoms with Crippen molar-refractivity contribution in [2.24, 2.45) is 0 Å². The number of carbonyl (C=O) groups excluding carboxylic acids is 2. The average molecular weight is 321 g/mol. The van der Waals surface area contributed by atoms with Gasteiger partial charge in [-0.15, -0.1) is 0 Å². The number of hydrogen-bond donors (Lipinski definition) is 0. The molecule has 0 saturated carbocycles. The molecule has 0 fully saturated rings. The van der Waals surface area contributed by atoms with Crippen LogP contribution >= 0.6 is 0 Å². The standard InChI is InChI=1S/C18H27NO4/c1-6-7-16(19(5)17(21)23-18(2,3)4)14-8-10-15(11-9-14)22-13-12-20/h8-12,16H,6-7,13H2,1-5H3. The van der Waals surface area contributed by atoms with Gasteiger partial charge < -0.3 is 14.4 Å². The summed E-state index contributed by atoms with van der Waals surface area (Å²) in [6.45, 7) is 7.68. The summed E-state index contributed by atoms with van der Waals surface area (Å²) in [4.78, 5) is 24.3. The Morgan fingerprint density at radius 3 is 2.35 bits per heavy atom. The summed E-state index contributed by atoms with van der Waals surface area (Å²) in [6, 6.07) is 7.40. The molecule has 23 heavy (non-hydrogen) atoms. The van der Waals surface area contributed by atoms with E-state index in [-0.39, 0.29) is 18.7 Å². The van der Waals surface area contributed by atoms with Gasteiger partial charge in [0.15, 0.2) is 6.29 Å². The lowest BCUT2D eigenvalue weighted by Crippen LogP contribution is -2.36. The van der Waals surface area contributed by atoms with Crippen molar-refractivity contribution in [1.82, 2.24) is 4.90 Å². The Labute approximate surface area is 138 Å². The van der Waals surface area contributed by atoms with Crippen LogP contribution in [-0.4, -0.2) is 36.5 Å². The maximum absolute atomic E-state index is 12.3. The van der Waals surface area contributed by atoms with Crippen molar-refractivity contribution in [3.8, 4) is 5.75 Å². The maximum Gasteiger partial charge on any atom is 0.410 e. The monoisotopic (exact) mass is 321 g/mol. The summed E-state index contributed by atoms with van der Waals surface area (Å²) < 4.78 is 10.7. The van der Waals surface area contributed by atoms with Gasteiger partial charge in [-0.25, -0.2) is 4.79 Å². The smallest absolute Gasteiger partial charge is 0.410 e. The van der Waals surface area contributed by atoms with Gasteiger partial charge in [-0.3, -0.25) is 4.79 Å². The predicted octanol–water partition coefficient (Wildman–Crippen LogP) is 3.97. The molecule has 128 valence electrons. The first-order valence-electron chi connectivity index (χ1n) is 7.90. The van der Waals surface area contributed by atoms with Crippen LogP contribution in [0.1, 0.15) is 52.1 Å². The SMILES string of the molecule is CCCC(c1ccc(OCC=O)cc1)N(C)C(=O)OC(C)(C)C. The molecule has 1 aromatic carbocycles. The van der Waals surface area contributed by atoms with E-state index in [9.17, 15) is 9.59 Å². The van der Waals surface area contributed by atoms with Crippen LogP contribution in [0.15, 0.2) is 24.3 Å². The fourth-order valence-electron chi connectivity index (χ4n) is 2.23. The van der Waals surface area contributed by atoms with E-state index in [0.29, 0.717) is 12.0 Å². The summed E-state index contributed by atoms with van der Waals surface area (Å²) in [6.07, 6.45) is 2.16. The predicted molar refractivity (Wildman–Crippen MR) is 89.6 cm³/mol. The number of carbonyl (C=O) groups is 2. The first-order valence-corrected chi connectivity index (χ1v) is 7.90. The van der Waals surface area contributed by atoms with Gasteiger partial charge >= 0.3 is 6.09 Å². The summed E-state index contributed by atoms with van der Waals surface area (Å²) in [7, 11) is 1.76. The molecule has 1 unspecified atom stereocenters. The van der Waals surface area contributed by atoms with Crippen molar-refractivity contribution in [3.63, 3.8) is 0 Å². The molecule has 5 heteroatoms. The number of nitrogens with zero attached hydrogens (tertiary/aromatic N) is 1. The van der Waals surface area contributed by atoms with Crippen molar-refractivity contribution in [2.75, 3.05) is 13.7 Å². The van der Waals surface area contributed by atoms with Gasteiger partial charge in [0.05, 0.1) is 6.04 Å². The molecular formula is C18H27NO4. The van der Waals surface area contributed by atoms with Crippen molar-refractivity contribution in [3.05, 3.63) is 29.8 Å². The second-order valence-corrected chi connectivity index (χ2v) is 6.44. The highest BCUT2D eigenvalue weighted by Crippen LogP contribution is 2.27. The van der Waals surface area contributed by atoms with E-state index in [4.69, 9.17) is 9.47 Å². The van der Waals surface area contributed by atoms with E-state index in [2.05, 4.69) is 6.92 Å². The van der Waals surface area contributed by atoms with Gasteiger partial charge in [-0.2, -0.15) is 0 Å². The zero-order chi connectivity index (χ0) is 17.5. The summed E-state index contributed by atoms with van der Waals surface area (Å²) in [5, 5.41) is 0. The second kappa shape index (κ2) is 8.56. The van der Waals surface area contributed by atoms with Crippen LogP contribution < -0.4 is 4.74 Å². The van der Waals surface area contributed by atoms with Crippen molar-refractivity contribution >= 4 is 12.4 Å². The molecule has 1 amide bonds. The Hall–Kier alpha value is -2.04. The minimum Gasteiger partial charge on any atom is -0.486 e. The van der Waals surface area contributed by atoms with E-state index in [0.717, 1.165) is 18.4 Å². The number of benzene rings is 1. The molecule has 1 aromatic rings. The zero-order valence-electron chi connectivity index (χ0n) is 14.7. The summed E-state index contributed by atoms with van der Waals surface area (Å²) in [5.41, 5.74) is 0.493. The van der Waals surface area contributed by atoms with Crippen LogP contribution in [0.4, 0.5) is 4.79 Å². The van der Waals surface area contributed by atoms with Crippen LogP contribution in [0.5, 0.6) is 5.75 Å². The third-order valence-electron chi connectivity index (χ3n) is 3.29. The second-order valence-electron chi connectivity index (χ2n) is 6.44. The molecule has 0 spiro atoms. The molecule has 5 nitrogen and oxygen atoms in total. The highest BCUT2D eigenvalue weighted by atomic mass is 16.6. The molecule has 0 heterocycles. The van der Waals surface area contributed by atoms with Crippen LogP contribution in [0.25, 0.3) is 0 Å². The topological polar surface area (TPSA) is 55.8 Å². The van der Waals surface area contributed by atoms with E-state index >= 15 is 0 Å². The number of aldehydes is 1. The van der Waals surface area contributed by atoms with Gasteiger partial charge in [0.1, 0.15) is 18.0 Å². The van der Waals surface area contributed by atoms with E-state index in [1.807, 2.05) is 45.0 Å². The Bertz CT molecular complexity index is 505. The van der Waals surface area contributed by atoms with Gasteiger partial charge in [-0.05, 0) is 44.9 Å². The minimum absolute atomic E-state index is 0.0372. The first-order chi connectivity index (χ1) is 10.8. The molecule has 0 aromatic heterocycles. The average Bonchev–Trinajstić information content (AvgIpc) is 2.49. The first kappa shape index (κ1) is 19.0. The van der Waals surface area contributed by atoms with Crippen molar-refractivity contribution in [2.45, 2.75) is 52.2 Å². The molecule has 0 aliphatic heterocycles. The molecule has 0 aliphatic carbocycles. The quantitative estimate of drug-likeness (QED) is 0.713. The lowest BCUT2D eigenvalue weighted by molar-refractivity contribution is -0.109. The lowest BCUT2D eigenvalue weighted by atomic mass is 10.0. The van der Waals surface area contributed by atoms with E-state index in [1.54, 1.807) is 11.9 Å². The van der Waals surface area contributed by atoms with Gasteiger partial charge in [0.2, 0.25) is 0 Å². The van der Waals surface area contributed by atoms with Crippen LogP contribution in [-0.2, 0) is 9.53 Å². The molecule has 0 bridgehead atoms. The molecule has 0 saturated heterocycles. The van der Waals surface area contributed by atoms with Crippen LogP contribution in [0.3, 0.4) is 0 Å². The third kappa shape index (κ3) is 6.30. The molecule has 1 rings (SSSR count). The highest BCUT2D eigenvalue weighted by molar-refractivity contribution is 5.68.